The molecule has 0 aromatic rings. The van der Waals surface area contributed by atoms with Gasteiger partial charge in [0.15, 0.2) is 5.78 Å². The van der Waals surface area contributed by atoms with E-state index in [0.717, 1.165) is 0 Å². The Morgan fingerprint density at radius 2 is 1.69 bits per heavy atom. The number of aliphatic hydroxyl groups excluding tert-OH is 1. The zero-order valence-corrected chi connectivity index (χ0v) is 12.2. The molecule has 0 amide bonds. The molecule has 0 bridgehead atoms. The summed E-state index contributed by atoms with van der Waals surface area (Å²) in [6, 6.07) is 0. The number of hydrogen-bond acceptors (Lipinski definition) is 2. The van der Waals surface area contributed by atoms with Crippen LogP contribution in [0.2, 0.25) is 0 Å². The van der Waals surface area contributed by atoms with Crippen molar-refractivity contribution in [2.45, 2.75) is 34.6 Å². The third-order valence-electron chi connectivity index (χ3n) is 1.61. The van der Waals surface area contributed by atoms with E-state index in [-0.39, 0.29) is 59.2 Å². The van der Waals surface area contributed by atoms with Crippen LogP contribution in [0.25, 0.3) is 0 Å². The van der Waals surface area contributed by atoms with E-state index < -0.39 is 5.41 Å². The van der Waals surface area contributed by atoms with Gasteiger partial charge in [-0.3, -0.25) is 4.79 Å². The number of hydrogen-bond donors (Lipinski definition) is 1. The minimum absolute atomic E-state index is 0. The van der Waals surface area contributed by atoms with Gasteiger partial charge in [0.1, 0.15) is 0 Å². The van der Waals surface area contributed by atoms with Gasteiger partial charge in [-0.05, 0) is 0 Å². The second kappa shape index (κ2) is 6.14. The summed E-state index contributed by atoms with van der Waals surface area (Å²) in [6.45, 7) is 9.20. The van der Waals surface area contributed by atoms with Gasteiger partial charge in [0.05, 0.1) is 5.76 Å². The fourth-order valence-electron chi connectivity index (χ4n) is 0.517. The molecule has 70 valence electrons. The topological polar surface area (TPSA) is 37.3 Å². The monoisotopic (exact) mass is 310 g/mol. The van der Waals surface area contributed by atoms with Gasteiger partial charge in [-0.15, -0.1) is 0 Å². The van der Waals surface area contributed by atoms with Crippen LogP contribution in [0.15, 0.2) is 11.8 Å². The van der Waals surface area contributed by atoms with Crippen molar-refractivity contribution in [3.05, 3.63) is 11.8 Å². The molecule has 0 unspecified atom stereocenters. The molecule has 0 aromatic heterocycles. The van der Waals surface area contributed by atoms with E-state index in [9.17, 15) is 9.90 Å². The molecule has 13 heavy (non-hydrogen) atoms. The van der Waals surface area contributed by atoms with Crippen molar-refractivity contribution in [3.8, 4) is 0 Å². The summed E-state index contributed by atoms with van der Waals surface area (Å²) in [7, 11) is 0. The van der Waals surface area contributed by atoms with Gasteiger partial charge in [-0.25, -0.2) is 0 Å². The third-order valence-corrected chi connectivity index (χ3v) is 1.61. The van der Waals surface area contributed by atoms with Crippen LogP contribution >= 0.6 is 0 Å². The van der Waals surface area contributed by atoms with Gasteiger partial charge >= 0.3 is 41.7 Å². The fourth-order valence-corrected chi connectivity index (χ4v) is 0.517. The Hall–Kier alpha value is 0.587. The maximum Gasteiger partial charge on any atom is 4.00 e. The molecule has 0 spiro atoms. The number of rotatable bonds is 2. The van der Waals surface area contributed by atoms with Crippen molar-refractivity contribution in [1.82, 2.24) is 0 Å². The average Bonchev–Trinajstić information content (AvgIpc) is 1.85. The molecule has 3 heteroatoms. The van der Waals surface area contributed by atoms with Crippen LogP contribution in [0.5, 0.6) is 0 Å². The van der Waals surface area contributed by atoms with Gasteiger partial charge in [-0.1, -0.05) is 34.6 Å². The molecular weight excluding hydrogens is 292 g/mol. The Bertz CT molecular complexity index is 199. The molecule has 0 aliphatic carbocycles. The first kappa shape index (κ1) is 16.0. The van der Waals surface area contributed by atoms with Crippen molar-refractivity contribution in [2.24, 2.45) is 11.3 Å². The Kier molecular flexibility index (Phi) is 7.57. The molecular formula is C10H18CeO2+4. The summed E-state index contributed by atoms with van der Waals surface area (Å²) in [5.41, 5.74) is -0.400. The number of carbonyl (C=O) groups is 1. The molecule has 0 aliphatic heterocycles. The predicted octanol–water partition coefficient (Wildman–Crippen LogP) is 2.70. The van der Waals surface area contributed by atoms with Gasteiger partial charge in [0.25, 0.3) is 0 Å². The number of ketones is 1. The normalized spacial score (nSPS) is 12.6. The van der Waals surface area contributed by atoms with Crippen molar-refractivity contribution in [2.75, 3.05) is 0 Å². The number of carbonyl (C=O) groups excluding carboxylic acids is 1. The van der Waals surface area contributed by atoms with E-state index in [1.165, 1.54) is 6.08 Å². The van der Waals surface area contributed by atoms with Crippen molar-refractivity contribution in [3.63, 3.8) is 0 Å². The predicted molar refractivity (Wildman–Crippen MR) is 50.0 cm³/mol. The van der Waals surface area contributed by atoms with Crippen LogP contribution in [0, 0.1) is 53.1 Å². The molecule has 0 radical (unpaired) electrons. The van der Waals surface area contributed by atoms with Crippen LogP contribution in [-0.2, 0) is 4.79 Å². The molecule has 0 heterocycles. The van der Waals surface area contributed by atoms with E-state index in [0.29, 0.717) is 0 Å². The zero-order valence-electron chi connectivity index (χ0n) is 9.01. The van der Waals surface area contributed by atoms with E-state index >= 15 is 0 Å². The second-order valence-electron chi connectivity index (χ2n) is 4.34. The summed E-state index contributed by atoms with van der Waals surface area (Å²) in [4.78, 5) is 11.3. The molecule has 0 aliphatic rings. The molecule has 1 N–H and O–H groups in total. The molecule has 0 aromatic carbocycles. The second-order valence-corrected chi connectivity index (χ2v) is 4.34. The van der Waals surface area contributed by atoms with Crippen LogP contribution < -0.4 is 0 Å². The molecule has 0 rings (SSSR count). The molecule has 0 fully saturated rings. The Morgan fingerprint density at radius 1 is 1.31 bits per heavy atom. The van der Waals surface area contributed by atoms with Crippen molar-refractivity contribution < 1.29 is 51.6 Å². The molecule has 0 saturated heterocycles. The molecule has 0 atom stereocenters. The van der Waals surface area contributed by atoms with E-state index in [1.807, 2.05) is 34.6 Å². The maximum atomic E-state index is 11.3. The first-order valence-electron chi connectivity index (χ1n) is 4.20. The van der Waals surface area contributed by atoms with Crippen molar-refractivity contribution in [1.29, 1.82) is 0 Å². The summed E-state index contributed by atoms with van der Waals surface area (Å²) < 4.78 is 0. The minimum Gasteiger partial charge on any atom is -0.512 e. The Labute approximate surface area is 114 Å². The Balaban J connectivity index is 0. The zero-order chi connectivity index (χ0) is 9.94. The van der Waals surface area contributed by atoms with Crippen LogP contribution in [0.3, 0.4) is 0 Å². The standard InChI is InChI=1S/C10H18O2.Ce/c1-7(2)8(11)6-9(12)10(3,4)5;/h6-7,11H,1-5H3;/q;+4/b8-6-;. The van der Waals surface area contributed by atoms with Crippen LogP contribution in [-0.4, -0.2) is 10.9 Å². The quantitative estimate of drug-likeness (QED) is 0.629. The van der Waals surface area contributed by atoms with Crippen LogP contribution in [0.4, 0.5) is 0 Å². The maximum absolute atomic E-state index is 11.3. The largest absolute Gasteiger partial charge is 4.00 e. The third kappa shape index (κ3) is 6.63. The first-order chi connectivity index (χ1) is 5.25. The van der Waals surface area contributed by atoms with Crippen LogP contribution in [0.1, 0.15) is 34.6 Å². The summed E-state index contributed by atoms with van der Waals surface area (Å²) in [5.74, 6) is 0.153. The Morgan fingerprint density at radius 3 is 1.92 bits per heavy atom. The van der Waals surface area contributed by atoms with Gasteiger partial charge in [0, 0.05) is 17.4 Å². The summed E-state index contributed by atoms with van der Waals surface area (Å²) >= 11 is 0. The van der Waals surface area contributed by atoms with Gasteiger partial charge < -0.3 is 5.11 Å². The number of allylic oxidation sites excluding steroid dienone is 2. The first-order valence-corrected chi connectivity index (χ1v) is 4.20. The summed E-state index contributed by atoms with van der Waals surface area (Å²) in [5, 5.41) is 9.30. The summed E-state index contributed by atoms with van der Waals surface area (Å²) in [6.07, 6.45) is 1.32. The minimum atomic E-state index is -0.400. The number of aliphatic hydroxyl groups is 1. The molecule has 2 nitrogen and oxygen atoms in total. The smallest absolute Gasteiger partial charge is 0.512 e. The molecule has 0 saturated carbocycles. The van der Waals surface area contributed by atoms with E-state index in [2.05, 4.69) is 0 Å². The van der Waals surface area contributed by atoms with Gasteiger partial charge in [-0.2, -0.15) is 0 Å². The van der Waals surface area contributed by atoms with E-state index in [1.54, 1.807) is 0 Å². The van der Waals surface area contributed by atoms with E-state index in [4.69, 9.17) is 0 Å². The fraction of sp³-hybridized carbons (Fsp3) is 0.700. The van der Waals surface area contributed by atoms with Crippen molar-refractivity contribution >= 4 is 5.78 Å². The average molecular weight is 310 g/mol. The van der Waals surface area contributed by atoms with Gasteiger partial charge in [0.2, 0.25) is 0 Å². The SMILES string of the molecule is CC(C)/C(O)=C/C(=O)C(C)(C)C.[Ce+4].